The summed E-state index contributed by atoms with van der Waals surface area (Å²) in [5.74, 6) is 0. The number of nitriles is 2. The number of aryl methyl sites for hydroxylation is 4. The number of hydrogen-bond acceptors (Lipinski definition) is 2. The van der Waals surface area contributed by atoms with E-state index in [9.17, 15) is 0 Å². The first kappa shape index (κ1) is 22.1. The van der Waals surface area contributed by atoms with Crippen molar-refractivity contribution in [1.29, 1.82) is 10.5 Å². The zero-order chi connectivity index (χ0) is 23.5. The molecule has 0 radical (unpaired) electrons. The van der Waals surface area contributed by atoms with Crippen LogP contribution in [-0.2, 0) is 6.42 Å². The van der Waals surface area contributed by atoms with Crippen LogP contribution in [0.2, 0.25) is 0 Å². The van der Waals surface area contributed by atoms with Gasteiger partial charge in [0.25, 0.3) is 0 Å². The van der Waals surface area contributed by atoms with Gasteiger partial charge in [0, 0.05) is 0 Å². The van der Waals surface area contributed by atoms with E-state index in [1.54, 1.807) is 0 Å². The minimum atomic E-state index is 0.681. The molecule has 2 nitrogen and oxygen atoms in total. The van der Waals surface area contributed by atoms with E-state index >= 15 is 0 Å². The smallest absolute Gasteiger partial charge is 0.0991 e. The van der Waals surface area contributed by atoms with Crippen LogP contribution in [0, 0.1) is 50.4 Å². The molecule has 0 spiro atoms. The summed E-state index contributed by atoms with van der Waals surface area (Å²) in [7, 11) is 0. The highest BCUT2D eigenvalue weighted by atomic mass is 14.2. The molecule has 0 saturated heterocycles. The molecule has 0 saturated carbocycles. The minimum absolute atomic E-state index is 0.681. The van der Waals surface area contributed by atoms with Crippen molar-refractivity contribution >= 4 is 0 Å². The van der Waals surface area contributed by atoms with Gasteiger partial charge in [-0.05, 0) is 114 Å². The zero-order valence-corrected chi connectivity index (χ0v) is 19.5. The molecule has 0 unspecified atom stereocenters. The molecule has 4 aromatic carbocycles. The number of nitrogens with zero attached hydrogens (tertiary/aromatic N) is 2. The molecule has 33 heavy (non-hydrogen) atoms. The summed E-state index contributed by atoms with van der Waals surface area (Å²) < 4.78 is 0. The van der Waals surface area contributed by atoms with Gasteiger partial charge in [0.15, 0.2) is 0 Å². The van der Waals surface area contributed by atoms with Crippen LogP contribution in [0.5, 0.6) is 0 Å². The molecule has 0 bridgehead atoms. The molecule has 0 N–H and O–H groups in total. The van der Waals surface area contributed by atoms with Crippen LogP contribution in [-0.4, -0.2) is 0 Å². The Hall–Kier alpha value is -4.14. The molecule has 0 heterocycles. The lowest BCUT2D eigenvalue weighted by Crippen LogP contribution is -1.97. The third-order valence-corrected chi connectivity index (χ3v) is 6.20. The summed E-state index contributed by atoms with van der Waals surface area (Å²) in [6.45, 7) is 8.64. The van der Waals surface area contributed by atoms with E-state index in [2.05, 4.69) is 64.1 Å². The van der Waals surface area contributed by atoms with Crippen LogP contribution in [0.25, 0.3) is 22.3 Å². The molecule has 0 amide bonds. The molecule has 4 aromatic rings. The second-order valence-electron chi connectivity index (χ2n) is 8.76. The maximum absolute atomic E-state index is 9.07. The SMILES string of the molecule is Cc1cc(Cc2cc(C)c(-c3ccc(C#N)cc3)c(C)c2)cc(C)c1-c1ccc(C#N)cc1. The van der Waals surface area contributed by atoms with E-state index in [0.717, 1.165) is 17.5 Å². The van der Waals surface area contributed by atoms with Crippen molar-refractivity contribution in [1.82, 2.24) is 0 Å². The fraction of sp³-hybridized carbons (Fsp3) is 0.161. The molecule has 0 aliphatic heterocycles. The maximum atomic E-state index is 9.07. The summed E-state index contributed by atoms with van der Waals surface area (Å²) in [6, 6.07) is 29.1. The van der Waals surface area contributed by atoms with Gasteiger partial charge in [0.2, 0.25) is 0 Å². The van der Waals surface area contributed by atoms with E-state index in [0.29, 0.717) is 11.1 Å². The third kappa shape index (κ3) is 4.57. The first-order chi connectivity index (χ1) is 15.9. The van der Waals surface area contributed by atoms with Crippen molar-refractivity contribution in [2.75, 3.05) is 0 Å². The van der Waals surface area contributed by atoms with E-state index in [-0.39, 0.29) is 0 Å². The Morgan fingerprint density at radius 1 is 0.515 bits per heavy atom. The van der Waals surface area contributed by atoms with Crippen molar-refractivity contribution in [3.63, 3.8) is 0 Å². The lowest BCUT2D eigenvalue weighted by atomic mass is 9.89. The number of hydrogen-bond donors (Lipinski definition) is 0. The normalized spacial score (nSPS) is 10.5. The van der Waals surface area contributed by atoms with Crippen LogP contribution < -0.4 is 0 Å². The first-order valence-electron chi connectivity index (χ1n) is 11.1. The van der Waals surface area contributed by atoms with Crippen LogP contribution in [0.15, 0.2) is 72.8 Å². The zero-order valence-electron chi connectivity index (χ0n) is 19.5. The summed E-state index contributed by atoms with van der Waals surface area (Å²) in [5.41, 5.74) is 13.7. The lowest BCUT2D eigenvalue weighted by molar-refractivity contribution is 1.15. The standard InChI is InChI=1S/C31H26N2/c1-20-13-26(14-21(2)30(20)28-9-5-24(18-32)6-10-28)17-27-15-22(3)31(23(4)16-27)29-11-7-25(19-33)8-12-29/h5-16H,17H2,1-4H3. The van der Waals surface area contributed by atoms with Gasteiger partial charge >= 0.3 is 0 Å². The van der Waals surface area contributed by atoms with Crippen molar-refractivity contribution in [3.05, 3.63) is 117 Å². The predicted molar refractivity (Wildman–Crippen MR) is 135 cm³/mol. The Bertz CT molecular complexity index is 1250. The predicted octanol–water partition coefficient (Wildman–Crippen LogP) is 7.59. The lowest BCUT2D eigenvalue weighted by Gasteiger charge is -2.16. The largest absolute Gasteiger partial charge is 0.192 e. The summed E-state index contributed by atoms with van der Waals surface area (Å²) in [4.78, 5) is 0. The van der Waals surface area contributed by atoms with Gasteiger partial charge in [-0.15, -0.1) is 0 Å². The Balaban J connectivity index is 1.63. The third-order valence-electron chi connectivity index (χ3n) is 6.20. The van der Waals surface area contributed by atoms with Gasteiger partial charge in [-0.1, -0.05) is 48.5 Å². The fourth-order valence-electron chi connectivity index (χ4n) is 4.88. The van der Waals surface area contributed by atoms with Crippen molar-refractivity contribution in [3.8, 4) is 34.4 Å². The Labute approximate surface area is 196 Å². The highest BCUT2D eigenvalue weighted by Gasteiger charge is 2.11. The van der Waals surface area contributed by atoms with E-state index < -0.39 is 0 Å². The second-order valence-corrected chi connectivity index (χ2v) is 8.76. The summed E-state index contributed by atoms with van der Waals surface area (Å²) in [6.07, 6.45) is 0.880. The van der Waals surface area contributed by atoms with Crippen molar-refractivity contribution in [2.45, 2.75) is 34.1 Å². The molecule has 0 atom stereocenters. The van der Waals surface area contributed by atoms with E-state index in [1.165, 1.54) is 44.5 Å². The first-order valence-corrected chi connectivity index (χ1v) is 11.1. The van der Waals surface area contributed by atoms with Gasteiger partial charge in [0.1, 0.15) is 0 Å². The quantitative estimate of drug-likeness (QED) is 0.337. The maximum Gasteiger partial charge on any atom is 0.0991 e. The van der Waals surface area contributed by atoms with Crippen LogP contribution in [0.3, 0.4) is 0 Å². The minimum Gasteiger partial charge on any atom is -0.192 e. The molecular weight excluding hydrogens is 400 g/mol. The summed E-state index contributed by atoms with van der Waals surface area (Å²) in [5, 5.41) is 18.1. The van der Waals surface area contributed by atoms with E-state index in [4.69, 9.17) is 10.5 Å². The molecule has 0 aliphatic rings. The fourth-order valence-corrected chi connectivity index (χ4v) is 4.88. The average molecular weight is 427 g/mol. The van der Waals surface area contributed by atoms with Gasteiger partial charge < -0.3 is 0 Å². The highest BCUT2D eigenvalue weighted by molar-refractivity contribution is 5.73. The molecule has 2 heteroatoms. The number of rotatable bonds is 4. The van der Waals surface area contributed by atoms with E-state index in [1.807, 2.05) is 48.5 Å². The molecule has 0 fully saturated rings. The van der Waals surface area contributed by atoms with Crippen molar-refractivity contribution < 1.29 is 0 Å². The molecule has 4 rings (SSSR count). The Kier molecular flexibility index (Phi) is 6.12. The van der Waals surface area contributed by atoms with Gasteiger partial charge in [-0.25, -0.2) is 0 Å². The van der Waals surface area contributed by atoms with Crippen LogP contribution in [0.4, 0.5) is 0 Å². The number of benzene rings is 4. The van der Waals surface area contributed by atoms with Gasteiger partial charge in [-0.3, -0.25) is 0 Å². The van der Waals surface area contributed by atoms with Crippen LogP contribution in [0.1, 0.15) is 44.5 Å². The molecule has 0 aliphatic carbocycles. The second kappa shape index (κ2) is 9.15. The summed E-state index contributed by atoms with van der Waals surface area (Å²) >= 11 is 0. The average Bonchev–Trinajstić information content (AvgIpc) is 2.79. The molecular formula is C31H26N2. The Morgan fingerprint density at radius 3 is 1.09 bits per heavy atom. The van der Waals surface area contributed by atoms with Crippen LogP contribution >= 0.6 is 0 Å². The molecule has 160 valence electrons. The monoisotopic (exact) mass is 426 g/mol. The highest BCUT2D eigenvalue weighted by Crippen LogP contribution is 2.32. The van der Waals surface area contributed by atoms with Gasteiger partial charge in [0.05, 0.1) is 23.3 Å². The molecule has 0 aromatic heterocycles. The topological polar surface area (TPSA) is 47.6 Å². The van der Waals surface area contributed by atoms with Gasteiger partial charge in [-0.2, -0.15) is 10.5 Å². The van der Waals surface area contributed by atoms with Crippen molar-refractivity contribution in [2.24, 2.45) is 0 Å². The Morgan fingerprint density at radius 2 is 0.818 bits per heavy atom.